The molecule has 0 spiro atoms. The van der Waals surface area contributed by atoms with Crippen molar-refractivity contribution in [2.75, 3.05) is 6.54 Å². The van der Waals surface area contributed by atoms with Gasteiger partial charge in [0.2, 0.25) is 0 Å². The third-order valence-corrected chi connectivity index (χ3v) is 5.13. The van der Waals surface area contributed by atoms with E-state index in [0.717, 1.165) is 32.2 Å². The van der Waals surface area contributed by atoms with E-state index in [4.69, 9.17) is 0 Å². The summed E-state index contributed by atoms with van der Waals surface area (Å²) < 4.78 is 0. The molecule has 1 fully saturated rings. The molecule has 3 atom stereocenters. The number of carboxylic acid groups (broad SMARTS) is 1. The van der Waals surface area contributed by atoms with Crippen molar-refractivity contribution >= 4 is 17.3 Å². The van der Waals surface area contributed by atoms with Gasteiger partial charge in [-0.2, -0.15) is 0 Å². The van der Waals surface area contributed by atoms with Crippen LogP contribution in [0, 0.1) is 11.8 Å². The summed E-state index contributed by atoms with van der Waals surface area (Å²) in [6, 6.07) is 4.60. The molecule has 2 N–H and O–H groups in total. The standard InChI is InChI=1S/C15H23NO2S/c1-2-13(14-8-5-9-19-14)16-10-11-6-3-4-7-12(11)15(17)18/h5,8-9,11-13,16H,2-4,6-7,10H2,1H3,(H,17,18). The summed E-state index contributed by atoms with van der Waals surface area (Å²) in [7, 11) is 0. The molecule has 0 saturated heterocycles. The van der Waals surface area contributed by atoms with Gasteiger partial charge >= 0.3 is 5.97 Å². The summed E-state index contributed by atoms with van der Waals surface area (Å²) in [5, 5.41) is 15.0. The fourth-order valence-corrected chi connectivity index (χ4v) is 3.89. The second kappa shape index (κ2) is 7.06. The van der Waals surface area contributed by atoms with Gasteiger partial charge in [0.25, 0.3) is 0 Å². The maximum absolute atomic E-state index is 11.3. The third-order valence-electron chi connectivity index (χ3n) is 4.15. The zero-order valence-electron chi connectivity index (χ0n) is 11.5. The lowest BCUT2D eigenvalue weighted by atomic mass is 9.79. The van der Waals surface area contributed by atoms with Gasteiger partial charge in [-0.1, -0.05) is 25.8 Å². The van der Waals surface area contributed by atoms with Gasteiger partial charge in [-0.25, -0.2) is 0 Å². The first kappa shape index (κ1) is 14.5. The lowest BCUT2D eigenvalue weighted by Crippen LogP contribution is -2.36. The van der Waals surface area contributed by atoms with Crippen molar-refractivity contribution in [3.63, 3.8) is 0 Å². The second-order valence-corrected chi connectivity index (χ2v) is 6.35. The van der Waals surface area contributed by atoms with E-state index < -0.39 is 5.97 Å². The molecule has 0 aromatic carbocycles. The summed E-state index contributed by atoms with van der Waals surface area (Å²) in [5.74, 6) is -0.474. The molecule has 0 aliphatic heterocycles. The molecular formula is C15H23NO2S. The normalized spacial score (nSPS) is 25.1. The van der Waals surface area contributed by atoms with E-state index in [1.807, 2.05) is 0 Å². The van der Waals surface area contributed by atoms with Gasteiger partial charge < -0.3 is 10.4 Å². The van der Waals surface area contributed by atoms with Crippen molar-refractivity contribution in [1.82, 2.24) is 5.32 Å². The maximum atomic E-state index is 11.3. The van der Waals surface area contributed by atoms with E-state index in [2.05, 4.69) is 29.8 Å². The Balaban J connectivity index is 1.90. The smallest absolute Gasteiger partial charge is 0.306 e. The zero-order chi connectivity index (χ0) is 13.7. The Morgan fingerprint density at radius 3 is 2.95 bits per heavy atom. The Morgan fingerprint density at radius 2 is 2.32 bits per heavy atom. The van der Waals surface area contributed by atoms with E-state index >= 15 is 0 Å². The van der Waals surface area contributed by atoms with Crippen LogP contribution >= 0.6 is 11.3 Å². The molecule has 0 amide bonds. The van der Waals surface area contributed by atoms with Gasteiger partial charge in [0.05, 0.1) is 5.92 Å². The van der Waals surface area contributed by atoms with Gasteiger partial charge in [0.1, 0.15) is 0 Å². The largest absolute Gasteiger partial charge is 0.481 e. The first-order valence-corrected chi connectivity index (χ1v) is 8.10. The van der Waals surface area contributed by atoms with Crippen molar-refractivity contribution in [3.8, 4) is 0 Å². The third kappa shape index (κ3) is 3.80. The molecule has 3 nitrogen and oxygen atoms in total. The Morgan fingerprint density at radius 1 is 1.53 bits per heavy atom. The van der Waals surface area contributed by atoms with Gasteiger partial charge in [-0.3, -0.25) is 4.79 Å². The average Bonchev–Trinajstić information content (AvgIpc) is 2.94. The van der Waals surface area contributed by atoms with Crippen LogP contribution in [0.4, 0.5) is 0 Å². The predicted octanol–water partition coefficient (Wildman–Crippen LogP) is 3.68. The van der Waals surface area contributed by atoms with Crippen molar-refractivity contribution in [3.05, 3.63) is 22.4 Å². The number of carboxylic acids is 1. The van der Waals surface area contributed by atoms with Crippen LogP contribution < -0.4 is 5.32 Å². The lowest BCUT2D eigenvalue weighted by Gasteiger charge is -2.30. The monoisotopic (exact) mass is 281 g/mol. The molecule has 106 valence electrons. The van der Waals surface area contributed by atoms with E-state index in [1.54, 1.807) is 11.3 Å². The van der Waals surface area contributed by atoms with Crippen LogP contribution in [0.15, 0.2) is 17.5 Å². The molecule has 19 heavy (non-hydrogen) atoms. The molecule has 1 aromatic heterocycles. The van der Waals surface area contributed by atoms with Gasteiger partial charge in [0, 0.05) is 10.9 Å². The molecule has 2 rings (SSSR count). The van der Waals surface area contributed by atoms with E-state index in [-0.39, 0.29) is 5.92 Å². The van der Waals surface area contributed by atoms with E-state index in [9.17, 15) is 9.90 Å². The highest BCUT2D eigenvalue weighted by Gasteiger charge is 2.30. The van der Waals surface area contributed by atoms with Crippen molar-refractivity contribution in [2.45, 2.75) is 45.1 Å². The number of carbonyl (C=O) groups is 1. The quantitative estimate of drug-likeness (QED) is 0.836. The highest BCUT2D eigenvalue weighted by molar-refractivity contribution is 7.10. The first-order chi connectivity index (χ1) is 9.22. The highest BCUT2D eigenvalue weighted by atomic mass is 32.1. The van der Waals surface area contributed by atoms with Crippen molar-refractivity contribution in [2.24, 2.45) is 11.8 Å². The predicted molar refractivity (Wildman–Crippen MR) is 78.4 cm³/mol. The SMILES string of the molecule is CCC(NCC1CCCCC1C(=O)O)c1cccs1. The summed E-state index contributed by atoms with van der Waals surface area (Å²) in [6.07, 6.45) is 5.18. The number of hydrogen-bond donors (Lipinski definition) is 2. The molecule has 1 saturated carbocycles. The van der Waals surface area contributed by atoms with Crippen LogP contribution in [0.2, 0.25) is 0 Å². The topological polar surface area (TPSA) is 49.3 Å². The fraction of sp³-hybridized carbons (Fsp3) is 0.667. The maximum Gasteiger partial charge on any atom is 0.306 e. The molecule has 1 aliphatic carbocycles. The number of thiophene rings is 1. The number of aliphatic carboxylic acids is 1. The molecule has 0 radical (unpaired) electrons. The molecule has 0 bridgehead atoms. The summed E-state index contributed by atoms with van der Waals surface area (Å²) in [4.78, 5) is 12.6. The van der Waals surface area contributed by atoms with Crippen LogP contribution in [0.1, 0.15) is 49.9 Å². The van der Waals surface area contributed by atoms with Crippen LogP contribution in [-0.2, 0) is 4.79 Å². The van der Waals surface area contributed by atoms with Gasteiger partial charge in [-0.15, -0.1) is 11.3 Å². The molecule has 3 unspecified atom stereocenters. The molecule has 4 heteroatoms. The van der Waals surface area contributed by atoms with E-state index in [0.29, 0.717) is 12.0 Å². The first-order valence-electron chi connectivity index (χ1n) is 7.22. The number of hydrogen-bond acceptors (Lipinski definition) is 3. The minimum atomic E-state index is -0.615. The Bertz CT molecular complexity index is 391. The van der Waals surface area contributed by atoms with Crippen LogP contribution in [0.25, 0.3) is 0 Å². The second-order valence-electron chi connectivity index (χ2n) is 5.37. The Hall–Kier alpha value is -0.870. The van der Waals surface area contributed by atoms with E-state index in [1.165, 1.54) is 11.3 Å². The van der Waals surface area contributed by atoms with Gasteiger partial charge in [-0.05, 0) is 43.2 Å². The Kier molecular flexibility index (Phi) is 5.40. The lowest BCUT2D eigenvalue weighted by molar-refractivity contribution is -0.144. The number of rotatable bonds is 6. The average molecular weight is 281 g/mol. The molecular weight excluding hydrogens is 258 g/mol. The number of nitrogens with one attached hydrogen (secondary N) is 1. The zero-order valence-corrected chi connectivity index (χ0v) is 12.3. The summed E-state index contributed by atoms with van der Waals surface area (Å²) in [6.45, 7) is 3.00. The van der Waals surface area contributed by atoms with Gasteiger partial charge in [0.15, 0.2) is 0 Å². The van der Waals surface area contributed by atoms with Crippen molar-refractivity contribution in [1.29, 1.82) is 0 Å². The van der Waals surface area contributed by atoms with Crippen LogP contribution in [0.5, 0.6) is 0 Å². The Labute approximate surface area is 119 Å². The highest BCUT2D eigenvalue weighted by Crippen LogP contribution is 2.31. The molecule has 1 aliphatic rings. The fourth-order valence-electron chi connectivity index (χ4n) is 3.01. The minimum absolute atomic E-state index is 0.151. The molecule has 1 aromatic rings. The summed E-state index contributed by atoms with van der Waals surface area (Å²) in [5.41, 5.74) is 0. The summed E-state index contributed by atoms with van der Waals surface area (Å²) >= 11 is 1.77. The van der Waals surface area contributed by atoms with Crippen LogP contribution in [-0.4, -0.2) is 17.6 Å². The van der Waals surface area contributed by atoms with Crippen molar-refractivity contribution < 1.29 is 9.90 Å². The molecule has 1 heterocycles. The van der Waals surface area contributed by atoms with Crippen LogP contribution in [0.3, 0.4) is 0 Å². The minimum Gasteiger partial charge on any atom is -0.481 e.